The van der Waals surface area contributed by atoms with Crippen LogP contribution in [0, 0.1) is 0 Å². The van der Waals surface area contributed by atoms with Crippen LogP contribution >= 0.6 is 23.2 Å². The molecule has 0 aromatic heterocycles. The molecule has 1 atom stereocenters. The summed E-state index contributed by atoms with van der Waals surface area (Å²) in [6.45, 7) is 11.8. The van der Waals surface area contributed by atoms with Gasteiger partial charge in [0.1, 0.15) is 0 Å². The molecule has 2 rings (SSSR count). The number of nitrogens with one attached hydrogen (secondary N) is 1. The summed E-state index contributed by atoms with van der Waals surface area (Å²) in [5, 5.41) is 5.15. The molecule has 112 valence electrons. The summed E-state index contributed by atoms with van der Waals surface area (Å²) in [4.78, 5) is 2.51. The minimum atomic E-state index is 0.114. The zero-order valence-electron chi connectivity index (χ0n) is 12.8. The number of rotatable bonds is 3. The molecule has 1 aromatic carbocycles. The lowest BCUT2D eigenvalue weighted by molar-refractivity contribution is 0.0175. The molecule has 1 heterocycles. The topological polar surface area (TPSA) is 15.3 Å². The second-order valence-corrected chi connectivity index (χ2v) is 7.46. The predicted molar refractivity (Wildman–Crippen MR) is 87.6 cm³/mol. The Balaban J connectivity index is 2.28. The first-order valence-corrected chi connectivity index (χ1v) is 7.96. The van der Waals surface area contributed by atoms with E-state index in [1.807, 2.05) is 18.2 Å². The third-order valence-electron chi connectivity index (χ3n) is 4.47. The van der Waals surface area contributed by atoms with Gasteiger partial charge in [0.05, 0.1) is 0 Å². The molecule has 1 aliphatic heterocycles. The smallest absolute Gasteiger partial charge is 0.0465 e. The molecule has 0 aliphatic carbocycles. The molecule has 4 heteroatoms. The summed E-state index contributed by atoms with van der Waals surface area (Å²) in [6, 6.07) is 5.73. The quantitative estimate of drug-likeness (QED) is 0.892. The van der Waals surface area contributed by atoms with E-state index in [1.165, 1.54) is 0 Å². The molecule has 1 saturated heterocycles. The molecule has 1 aliphatic rings. The van der Waals surface area contributed by atoms with Crippen LogP contribution in [0.2, 0.25) is 10.0 Å². The monoisotopic (exact) mass is 314 g/mol. The van der Waals surface area contributed by atoms with Crippen LogP contribution in [-0.4, -0.2) is 29.1 Å². The Morgan fingerprint density at radius 2 is 1.80 bits per heavy atom. The van der Waals surface area contributed by atoms with Gasteiger partial charge in [-0.2, -0.15) is 0 Å². The maximum absolute atomic E-state index is 6.33. The van der Waals surface area contributed by atoms with E-state index in [1.54, 1.807) is 0 Å². The van der Waals surface area contributed by atoms with Crippen molar-refractivity contribution in [2.24, 2.45) is 0 Å². The molecule has 0 spiro atoms. The van der Waals surface area contributed by atoms with Crippen LogP contribution in [-0.2, 0) is 6.54 Å². The molecule has 0 bridgehead atoms. The molecular formula is C16H24Cl2N2. The Bertz CT molecular complexity index is 467. The molecule has 1 unspecified atom stereocenters. The van der Waals surface area contributed by atoms with Gasteiger partial charge in [-0.15, -0.1) is 0 Å². The van der Waals surface area contributed by atoms with Gasteiger partial charge in [0.2, 0.25) is 0 Å². The van der Waals surface area contributed by atoms with Gasteiger partial charge in [-0.05, 0) is 39.3 Å². The number of hydrogen-bond acceptors (Lipinski definition) is 2. The molecule has 0 amide bonds. The summed E-state index contributed by atoms with van der Waals surface area (Å²) >= 11 is 12.7. The highest BCUT2D eigenvalue weighted by Crippen LogP contribution is 2.32. The minimum Gasteiger partial charge on any atom is -0.309 e. The average molecular weight is 315 g/mol. The Kier molecular flexibility index (Phi) is 4.70. The second kappa shape index (κ2) is 5.84. The van der Waals surface area contributed by atoms with Gasteiger partial charge in [-0.25, -0.2) is 0 Å². The van der Waals surface area contributed by atoms with Crippen molar-refractivity contribution in [1.29, 1.82) is 0 Å². The van der Waals surface area contributed by atoms with Gasteiger partial charge in [0, 0.05) is 46.3 Å². The lowest BCUT2D eigenvalue weighted by Crippen LogP contribution is -2.66. The van der Waals surface area contributed by atoms with Crippen LogP contribution in [0.5, 0.6) is 0 Å². The van der Waals surface area contributed by atoms with Crippen molar-refractivity contribution in [3.8, 4) is 0 Å². The van der Waals surface area contributed by atoms with Crippen molar-refractivity contribution < 1.29 is 0 Å². The van der Waals surface area contributed by atoms with Gasteiger partial charge < -0.3 is 5.32 Å². The number of hydrogen-bond donors (Lipinski definition) is 1. The van der Waals surface area contributed by atoms with Gasteiger partial charge in [0.25, 0.3) is 0 Å². The van der Waals surface area contributed by atoms with Crippen molar-refractivity contribution in [3.05, 3.63) is 33.8 Å². The normalized spacial score (nSPS) is 26.7. The summed E-state index contributed by atoms with van der Waals surface area (Å²) < 4.78 is 0. The SMILES string of the molecule is CCC1(C)CNC(C)(C)CN1Cc1c(Cl)cccc1Cl. The Morgan fingerprint density at radius 3 is 2.35 bits per heavy atom. The van der Waals surface area contributed by atoms with Crippen molar-refractivity contribution in [1.82, 2.24) is 10.2 Å². The maximum atomic E-state index is 6.33. The van der Waals surface area contributed by atoms with Crippen LogP contribution in [0.4, 0.5) is 0 Å². The number of piperazine rings is 1. The van der Waals surface area contributed by atoms with Crippen molar-refractivity contribution in [2.45, 2.75) is 51.7 Å². The van der Waals surface area contributed by atoms with E-state index in [2.05, 4.69) is 37.9 Å². The van der Waals surface area contributed by atoms with Crippen molar-refractivity contribution >= 4 is 23.2 Å². The van der Waals surface area contributed by atoms with E-state index in [9.17, 15) is 0 Å². The lowest BCUT2D eigenvalue weighted by atomic mass is 9.87. The number of benzene rings is 1. The molecule has 0 radical (unpaired) electrons. The van der Waals surface area contributed by atoms with E-state index in [0.717, 1.165) is 41.7 Å². The van der Waals surface area contributed by atoms with Crippen LogP contribution < -0.4 is 5.32 Å². The first-order chi connectivity index (χ1) is 9.27. The fourth-order valence-electron chi connectivity index (χ4n) is 2.74. The van der Waals surface area contributed by atoms with Gasteiger partial charge in [-0.1, -0.05) is 36.2 Å². The van der Waals surface area contributed by atoms with Crippen LogP contribution in [0.25, 0.3) is 0 Å². The van der Waals surface area contributed by atoms with E-state index >= 15 is 0 Å². The van der Waals surface area contributed by atoms with E-state index in [4.69, 9.17) is 23.2 Å². The highest BCUT2D eigenvalue weighted by molar-refractivity contribution is 6.35. The van der Waals surface area contributed by atoms with E-state index < -0.39 is 0 Å². The molecule has 0 saturated carbocycles. The van der Waals surface area contributed by atoms with E-state index in [-0.39, 0.29) is 11.1 Å². The van der Waals surface area contributed by atoms with Gasteiger partial charge in [-0.3, -0.25) is 4.90 Å². The zero-order valence-corrected chi connectivity index (χ0v) is 14.3. The first kappa shape index (κ1) is 16.1. The minimum absolute atomic E-state index is 0.114. The summed E-state index contributed by atoms with van der Waals surface area (Å²) in [7, 11) is 0. The standard InChI is InChI=1S/C16H24Cl2N2/c1-5-16(4)10-19-15(2,3)11-20(16)9-12-13(17)7-6-8-14(12)18/h6-8,19H,5,9-11H2,1-4H3. The summed E-state index contributed by atoms with van der Waals surface area (Å²) in [6.07, 6.45) is 1.10. The van der Waals surface area contributed by atoms with Crippen LogP contribution in [0.15, 0.2) is 18.2 Å². The van der Waals surface area contributed by atoms with Crippen LogP contribution in [0.1, 0.15) is 39.7 Å². The molecule has 20 heavy (non-hydrogen) atoms. The van der Waals surface area contributed by atoms with Crippen LogP contribution in [0.3, 0.4) is 0 Å². The largest absolute Gasteiger partial charge is 0.309 e. The Morgan fingerprint density at radius 1 is 1.20 bits per heavy atom. The highest BCUT2D eigenvalue weighted by atomic mass is 35.5. The van der Waals surface area contributed by atoms with Gasteiger partial charge in [0.15, 0.2) is 0 Å². The third kappa shape index (κ3) is 3.30. The molecule has 1 fully saturated rings. The number of halogens is 2. The molecule has 1 N–H and O–H groups in total. The maximum Gasteiger partial charge on any atom is 0.0465 e. The predicted octanol–water partition coefficient (Wildman–Crippen LogP) is 4.35. The highest BCUT2D eigenvalue weighted by Gasteiger charge is 2.39. The van der Waals surface area contributed by atoms with E-state index in [0.29, 0.717) is 0 Å². The molecule has 2 nitrogen and oxygen atoms in total. The van der Waals surface area contributed by atoms with Crippen molar-refractivity contribution in [3.63, 3.8) is 0 Å². The summed E-state index contributed by atoms with van der Waals surface area (Å²) in [5.74, 6) is 0. The Hall–Kier alpha value is -0.280. The lowest BCUT2D eigenvalue weighted by Gasteiger charge is -2.51. The average Bonchev–Trinajstić information content (AvgIpc) is 2.38. The third-order valence-corrected chi connectivity index (χ3v) is 5.18. The molecular weight excluding hydrogens is 291 g/mol. The van der Waals surface area contributed by atoms with Crippen molar-refractivity contribution in [2.75, 3.05) is 13.1 Å². The summed E-state index contributed by atoms with van der Waals surface area (Å²) in [5.41, 5.74) is 1.29. The Labute approximate surface area is 132 Å². The van der Waals surface area contributed by atoms with Gasteiger partial charge >= 0.3 is 0 Å². The second-order valence-electron chi connectivity index (χ2n) is 6.64. The number of nitrogens with zero attached hydrogens (tertiary/aromatic N) is 1. The fraction of sp³-hybridized carbons (Fsp3) is 0.625. The first-order valence-electron chi connectivity index (χ1n) is 7.20. The zero-order chi connectivity index (χ0) is 15.0. The molecule has 1 aromatic rings. The fourth-order valence-corrected chi connectivity index (χ4v) is 3.25.